The van der Waals surface area contributed by atoms with Crippen LogP contribution in [0, 0.1) is 13.8 Å². The van der Waals surface area contributed by atoms with Crippen LogP contribution in [-0.4, -0.2) is 0 Å². The van der Waals surface area contributed by atoms with Crippen molar-refractivity contribution in [2.24, 2.45) is 0 Å². The zero-order valence-electron chi connectivity index (χ0n) is 15.4. The van der Waals surface area contributed by atoms with Gasteiger partial charge in [-0.15, -0.1) is 0 Å². The molecule has 0 amide bonds. The lowest BCUT2D eigenvalue weighted by molar-refractivity contribution is 1.40. The molecular formula is C26H24. The molecule has 0 heterocycles. The minimum absolute atomic E-state index is 1.26. The SMILES string of the molecule is Cc1ccc(C)cc1.c1ccc(-c2cccc(-c3ccccc3)c2)cc1. The first-order valence-corrected chi connectivity index (χ1v) is 8.96. The predicted octanol–water partition coefficient (Wildman–Crippen LogP) is 7.32. The predicted molar refractivity (Wildman–Crippen MR) is 113 cm³/mol. The third kappa shape index (κ3) is 4.94. The second-order valence-electron chi connectivity index (χ2n) is 6.47. The van der Waals surface area contributed by atoms with Gasteiger partial charge >= 0.3 is 0 Å². The minimum Gasteiger partial charge on any atom is -0.0622 e. The van der Waals surface area contributed by atoms with Crippen LogP contribution in [0.2, 0.25) is 0 Å². The molecule has 0 saturated carbocycles. The van der Waals surface area contributed by atoms with Gasteiger partial charge in [-0.05, 0) is 42.2 Å². The van der Waals surface area contributed by atoms with E-state index in [2.05, 4.69) is 111 Å². The Hall–Kier alpha value is -3.12. The zero-order valence-corrected chi connectivity index (χ0v) is 15.4. The van der Waals surface area contributed by atoms with Crippen LogP contribution in [-0.2, 0) is 0 Å². The molecule has 26 heavy (non-hydrogen) atoms. The van der Waals surface area contributed by atoms with Crippen LogP contribution < -0.4 is 0 Å². The van der Waals surface area contributed by atoms with Crippen LogP contribution in [0.4, 0.5) is 0 Å². The van der Waals surface area contributed by atoms with Gasteiger partial charge in [0, 0.05) is 0 Å². The molecule has 0 bridgehead atoms. The summed E-state index contributed by atoms with van der Waals surface area (Å²) in [5, 5.41) is 0. The number of benzene rings is 4. The van der Waals surface area contributed by atoms with E-state index in [1.165, 1.54) is 33.4 Å². The fourth-order valence-electron chi connectivity index (χ4n) is 2.78. The van der Waals surface area contributed by atoms with Crippen LogP contribution in [0.3, 0.4) is 0 Å². The maximum atomic E-state index is 2.24. The van der Waals surface area contributed by atoms with Crippen molar-refractivity contribution in [1.29, 1.82) is 0 Å². The monoisotopic (exact) mass is 336 g/mol. The van der Waals surface area contributed by atoms with Gasteiger partial charge in [-0.3, -0.25) is 0 Å². The van der Waals surface area contributed by atoms with Gasteiger partial charge in [0.1, 0.15) is 0 Å². The minimum atomic E-state index is 1.26. The summed E-state index contributed by atoms with van der Waals surface area (Å²) in [6.45, 7) is 4.19. The summed E-state index contributed by atoms with van der Waals surface area (Å²) in [6.07, 6.45) is 0. The van der Waals surface area contributed by atoms with E-state index in [-0.39, 0.29) is 0 Å². The van der Waals surface area contributed by atoms with Crippen molar-refractivity contribution in [1.82, 2.24) is 0 Å². The van der Waals surface area contributed by atoms with Gasteiger partial charge in [0.25, 0.3) is 0 Å². The lowest BCUT2D eigenvalue weighted by Gasteiger charge is -2.05. The van der Waals surface area contributed by atoms with Crippen LogP contribution in [0.15, 0.2) is 109 Å². The topological polar surface area (TPSA) is 0 Å². The number of hydrogen-bond donors (Lipinski definition) is 0. The quantitative estimate of drug-likeness (QED) is 0.359. The summed E-state index contributed by atoms with van der Waals surface area (Å²) in [7, 11) is 0. The van der Waals surface area contributed by atoms with Crippen molar-refractivity contribution in [3.8, 4) is 22.3 Å². The van der Waals surface area contributed by atoms with E-state index in [1.807, 2.05) is 12.1 Å². The molecule has 128 valence electrons. The highest BCUT2D eigenvalue weighted by Crippen LogP contribution is 2.25. The van der Waals surface area contributed by atoms with E-state index in [1.54, 1.807) is 0 Å². The van der Waals surface area contributed by atoms with Crippen LogP contribution >= 0.6 is 0 Å². The Morgan fingerprint density at radius 1 is 0.346 bits per heavy atom. The van der Waals surface area contributed by atoms with Gasteiger partial charge in [-0.1, -0.05) is 114 Å². The van der Waals surface area contributed by atoms with Gasteiger partial charge < -0.3 is 0 Å². The zero-order chi connectivity index (χ0) is 18.2. The lowest BCUT2D eigenvalue weighted by Crippen LogP contribution is -1.80. The average Bonchev–Trinajstić information content (AvgIpc) is 2.72. The van der Waals surface area contributed by atoms with Crippen molar-refractivity contribution in [3.63, 3.8) is 0 Å². The first kappa shape index (κ1) is 17.7. The van der Waals surface area contributed by atoms with Gasteiger partial charge in [-0.25, -0.2) is 0 Å². The van der Waals surface area contributed by atoms with Crippen molar-refractivity contribution in [2.75, 3.05) is 0 Å². The van der Waals surface area contributed by atoms with E-state index < -0.39 is 0 Å². The summed E-state index contributed by atoms with van der Waals surface area (Å²) < 4.78 is 0. The van der Waals surface area contributed by atoms with Crippen molar-refractivity contribution in [3.05, 3.63) is 120 Å². The smallest absolute Gasteiger partial charge is 0.0178 e. The maximum Gasteiger partial charge on any atom is -0.0178 e. The molecular weight excluding hydrogens is 312 g/mol. The molecule has 0 unspecified atom stereocenters. The van der Waals surface area contributed by atoms with Crippen molar-refractivity contribution >= 4 is 0 Å². The molecule has 0 atom stereocenters. The molecule has 0 saturated heterocycles. The number of rotatable bonds is 2. The van der Waals surface area contributed by atoms with E-state index in [0.29, 0.717) is 0 Å². The van der Waals surface area contributed by atoms with Crippen molar-refractivity contribution in [2.45, 2.75) is 13.8 Å². The molecule has 4 aromatic rings. The Morgan fingerprint density at radius 3 is 1.08 bits per heavy atom. The van der Waals surface area contributed by atoms with E-state index in [4.69, 9.17) is 0 Å². The fraction of sp³-hybridized carbons (Fsp3) is 0.0769. The molecule has 0 nitrogen and oxygen atoms in total. The van der Waals surface area contributed by atoms with Crippen LogP contribution in [0.5, 0.6) is 0 Å². The summed E-state index contributed by atoms with van der Waals surface area (Å²) >= 11 is 0. The first-order valence-electron chi connectivity index (χ1n) is 8.96. The average molecular weight is 336 g/mol. The molecule has 0 aliphatic rings. The van der Waals surface area contributed by atoms with Gasteiger partial charge in [0.2, 0.25) is 0 Å². The molecule has 0 aromatic heterocycles. The molecule has 4 rings (SSSR count). The fourth-order valence-corrected chi connectivity index (χ4v) is 2.78. The molecule has 0 heteroatoms. The normalized spacial score (nSPS) is 9.92. The maximum absolute atomic E-state index is 2.24. The number of hydrogen-bond acceptors (Lipinski definition) is 0. The Bertz CT molecular complexity index is 845. The van der Waals surface area contributed by atoms with E-state index in [9.17, 15) is 0 Å². The molecule has 4 aromatic carbocycles. The summed E-state index contributed by atoms with van der Waals surface area (Å²) in [6, 6.07) is 38.1. The number of aryl methyl sites for hydroxylation is 2. The molecule has 0 aliphatic heterocycles. The van der Waals surface area contributed by atoms with Crippen LogP contribution in [0.25, 0.3) is 22.3 Å². The first-order chi connectivity index (χ1) is 12.7. The van der Waals surface area contributed by atoms with Gasteiger partial charge in [0.15, 0.2) is 0 Å². The van der Waals surface area contributed by atoms with Gasteiger partial charge in [0.05, 0.1) is 0 Å². The molecule has 0 aliphatic carbocycles. The Labute approximate surface area is 156 Å². The standard InChI is InChI=1S/C18H14.C8H10/c1-3-8-15(9-4-1)17-12-7-13-18(14-17)16-10-5-2-6-11-16;1-7-3-5-8(2)6-4-7/h1-14H;3-6H,1-2H3. The summed E-state index contributed by atoms with van der Waals surface area (Å²) in [5.74, 6) is 0. The molecule has 0 spiro atoms. The van der Waals surface area contributed by atoms with Gasteiger partial charge in [-0.2, -0.15) is 0 Å². The highest BCUT2D eigenvalue weighted by Gasteiger charge is 2.00. The third-order valence-corrected chi connectivity index (χ3v) is 4.30. The highest BCUT2D eigenvalue weighted by atomic mass is 14.0. The second-order valence-corrected chi connectivity index (χ2v) is 6.47. The molecule has 0 radical (unpaired) electrons. The largest absolute Gasteiger partial charge is 0.0622 e. The molecule has 0 fully saturated rings. The van der Waals surface area contributed by atoms with Crippen LogP contribution in [0.1, 0.15) is 11.1 Å². The summed E-state index contributed by atoms with van der Waals surface area (Å²) in [4.78, 5) is 0. The highest BCUT2D eigenvalue weighted by molar-refractivity contribution is 5.72. The lowest BCUT2D eigenvalue weighted by atomic mass is 9.99. The summed E-state index contributed by atoms with van der Waals surface area (Å²) in [5.41, 5.74) is 7.70. The van der Waals surface area contributed by atoms with Crippen molar-refractivity contribution < 1.29 is 0 Å². The van der Waals surface area contributed by atoms with E-state index in [0.717, 1.165) is 0 Å². The van der Waals surface area contributed by atoms with E-state index >= 15 is 0 Å². The second kappa shape index (κ2) is 8.82. The Morgan fingerprint density at radius 2 is 0.692 bits per heavy atom. The Balaban J connectivity index is 0.000000206. The third-order valence-electron chi connectivity index (χ3n) is 4.30. The Kier molecular flexibility index (Phi) is 6.01. The molecule has 0 N–H and O–H groups in total.